The fourth-order valence-corrected chi connectivity index (χ4v) is 8.75. The SMILES string of the molecule is Cl.Cn1ccc2ccc(N(C(=O)c3cc(-c4ccccc4C(=O)N4Cc5cccc(F)c5C[C@H]4CN4CCOCC4)n4c3CCCC4)c3ccc(O)cc3)cc21. The number of carbonyl (C=O) groups excluding carboxylic acids is 2. The van der Waals surface area contributed by atoms with Crippen molar-refractivity contribution in [1.82, 2.24) is 18.9 Å². The molecule has 3 aliphatic heterocycles. The van der Waals surface area contributed by atoms with E-state index < -0.39 is 0 Å². The Hall–Kier alpha value is -5.42. The summed E-state index contributed by atoms with van der Waals surface area (Å²) in [7, 11) is 1.99. The average Bonchev–Trinajstić information content (AvgIpc) is 3.79. The number of fused-ring (bicyclic) bond motifs is 3. The van der Waals surface area contributed by atoms with Crippen molar-refractivity contribution >= 4 is 46.5 Å². The van der Waals surface area contributed by atoms with E-state index in [1.165, 1.54) is 6.07 Å². The number of phenolic OH excluding ortho intramolecular Hbond substituents is 1. The van der Waals surface area contributed by atoms with Gasteiger partial charge in [0.15, 0.2) is 0 Å². The molecule has 0 aliphatic carbocycles. The summed E-state index contributed by atoms with van der Waals surface area (Å²) in [5.74, 6) is -0.392. The Morgan fingerprint density at radius 3 is 2.48 bits per heavy atom. The number of amides is 2. The second kappa shape index (κ2) is 15.6. The molecule has 1 atom stereocenters. The summed E-state index contributed by atoms with van der Waals surface area (Å²) < 4.78 is 25.0. The number of anilines is 2. The van der Waals surface area contributed by atoms with Crippen LogP contribution in [0.5, 0.6) is 5.75 Å². The molecule has 56 heavy (non-hydrogen) atoms. The molecule has 0 spiro atoms. The number of aromatic nitrogens is 2. The molecule has 0 saturated carbocycles. The molecule has 2 amide bonds. The molecule has 6 aromatic rings. The lowest BCUT2D eigenvalue weighted by atomic mass is 9.91. The number of rotatable bonds is 7. The monoisotopic (exact) mass is 773 g/mol. The van der Waals surface area contributed by atoms with Gasteiger partial charge in [0.25, 0.3) is 11.8 Å². The van der Waals surface area contributed by atoms with E-state index in [9.17, 15) is 9.90 Å². The quantitative estimate of drug-likeness (QED) is 0.177. The highest BCUT2D eigenvalue weighted by atomic mass is 35.5. The van der Waals surface area contributed by atoms with E-state index in [1.807, 2.05) is 83.4 Å². The van der Waals surface area contributed by atoms with Crippen molar-refractivity contribution < 1.29 is 23.8 Å². The molecule has 5 heterocycles. The minimum Gasteiger partial charge on any atom is -0.508 e. The van der Waals surface area contributed by atoms with Crippen molar-refractivity contribution in [2.24, 2.45) is 7.05 Å². The zero-order valence-corrected chi connectivity index (χ0v) is 32.2. The van der Waals surface area contributed by atoms with Crippen molar-refractivity contribution in [2.45, 2.75) is 44.8 Å². The zero-order valence-electron chi connectivity index (χ0n) is 31.4. The third-order valence-electron chi connectivity index (χ3n) is 11.6. The summed E-state index contributed by atoms with van der Waals surface area (Å²) in [5, 5.41) is 11.2. The Balaban J connectivity index is 0.00000441. The molecule has 3 aliphatic rings. The van der Waals surface area contributed by atoms with Crippen LogP contribution in [0.25, 0.3) is 22.2 Å². The van der Waals surface area contributed by atoms with E-state index in [4.69, 9.17) is 4.74 Å². The molecule has 2 aromatic heterocycles. The van der Waals surface area contributed by atoms with E-state index in [0.717, 1.165) is 72.3 Å². The van der Waals surface area contributed by atoms with Crippen LogP contribution in [-0.4, -0.2) is 74.7 Å². The van der Waals surface area contributed by atoms with Gasteiger partial charge in [-0.25, -0.2) is 4.39 Å². The van der Waals surface area contributed by atoms with Crippen LogP contribution in [0.3, 0.4) is 0 Å². The number of hydrogen-bond acceptors (Lipinski definition) is 5. The molecule has 0 bridgehead atoms. The predicted molar refractivity (Wildman–Crippen MR) is 219 cm³/mol. The number of hydrogen-bond donors (Lipinski definition) is 1. The summed E-state index contributed by atoms with van der Waals surface area (Å²) >= 11 is 0. The van der Waals surface area contributed by atoms with Gasteiger partial charge in [-0.15, -0.1) is 12.4 Å². The average molecular weight is 774 g/mol. The molecule has 0 radical (unpaired) electrons. The Labute approximate surface area is 331 Å². The van der Waals surface area contributed by atoms with Crippen LogP contribution in [-0.2, 0) is 37.7 Å². The first-order valence-corrected chi connectivity index (χ1v) is 19.2. The van der Waals surface area contributed by atoms with E-state index in [-0.39, 0.29) is 41.8 Å². The standard InChI is InChI=1S/C45H44FN5O4.ClH/c1-47-20-18-30-12-13-33(26-42(30)47)51(32-14-16-35(52)17-15-32)45(54)39-27-43(49-19-5-4-11-41(39)49)36-8-2-3-9-37(36)44(53)50-28-31-7-6-10-40(46)38(31)25-34(50)29-48-21-23-55-24-22-48;/h2-3,6-10,12-18,20,26-27,34,52H,4-5,11,19,21-25,28-29H2,1H3;1H/t34-;/m0./s1. The number of aromatic hydroxyl groups is 1. The number of aryl methyl sites for hydroxylation is 1. The molecule has 9 nitrogen and oxygen atoms in total. The van der Waals surface area contributed by atoms with Crippen molar-refractivity contribution in [3.05, 3.63) is 137 Å². The zero-order chi connectivity index (χ0) is 37.6. The van der Waals surface area contributed by atoms with Crippen molar-refractivity contribution in [1.29, 1.82) is 0 Å². The molecule has 0 unspecified atom stereocenters. The number of carbonyl (C=O) groups is 2. The lowest BCUT2D eigenvalue weighted by molar-refractivity contribution is 0.0191. The second-order valence-corrected chi connectivity index (χ2v) is 15.0. The lowest BCUT2D eigenvalue weighted by Gasteiger charge is -2.40. The van der Waals surface area contributed by atoms with E-state index in [0.29, 0.717) is 60.8 Å². The number of phenols is 1. The van der Waals surface area contributed by atoms with Gasteiger partial charge in [0.05, 0.1) is 24.5 Å². The maximum atomic E-state index is 15.2. The molecular weight excluding hydrogens is 729 g/mol. The molecule has 1 saturated heterocycles. The largest absolute Gasteiger partial charge is 0.508 e. The minimum absolute atomic E-state index is 0. The summed E-state index contributed by atoms with van der Waals surface area (Å²) in [6.45, 7) is 4.49. The van der Waals surface area contributed by atoms with Crippen LogP contribution in [0.15, 0.2) is 103 Å². The number of morpholine rings is 1. The third-order valence-corrected chi connectivity index (χ3v) is 11.6. The number of nitrogens with zero attached hydrogens (tertiary/aromatic N) is 5. The fourth-order valence-electron chi connectivity index (χ4n) is 8.75. The van der Waals surface area contributed by atoms with Crippen molar-refractivity contribution in [3.63, 3.8) is 0 Å². The molecule has 9 rings (SSSR count). The van der Waals surface area contributed by atoms with Crippen LogP contribution in [0, 0.1) is 5.82 Å². The first kappa shape index (κ1) is 37.5. The van der Waals surface area contributed by atoms with E-state index in [1.54, 1.807) is 35.2 Å². The third kappa shape index (κ3) is 6.86. The van der Waals surface area contributed by atoms with Gasteiger partial charge in [-0.3, -0.25) is 19.4 Å². The Bertz CT molecular complexity index is 2420. The fraction of sp³-hybridized carbons (Fsp3) is 0.289. The van der Waals surface area contributed by atoms with Gasteiger partial charge in [0.2, 0.25) is 0 Å². The highest BCUT2D eigenvalue weighted by Gasteiger charge is 2.35. The first-order valence-electron chi connectivity index (χ1n) is 19.2. The number of benzene rings is 4. The summed E-state index contributed by atoms with van der Waals surface area (Å²) in [6, 6.07) is 29.4. The van der Waals surface area contributed by atoms with Crippen LogP contribution < -0.4 is 4.90 Å². The van der Waals surface area contributed by atoms with Crippen LogP contribution in [0.2, 0.25) is 0 Å². The molecule has 11 heteroatoms. The van der Waals surface area contributed by atoms with Gasteiger partial charge in [-0.05, 0) is 103 Å². The smallest absolute Gasteiger partial charge is 0.264 e. The predicted octanol–water partition coefficient (Wildman–Crippen LogP) is 8.13. The number of ether oxygens (including phenoxy) is 1. The normalized spacial score (nSPS) is 16.9. The van der Waals surface area contributed by atoms with Crippen molar-refractivity contribution in [2.75, 3.05) is 37.7 Å². The Morgan fingerprint density at radius 1 is 0.875 bits per heavy atom. The Morgan fingerprint density at radius 2 is 1.66 bits per heavy atom. The minimum atomic E-state index is -0.223. The molecule has 288 valence electrons. The van der Waals surface area contributed by atoms with Crippen molar-refractivity contribution in [3.8, 4) is 17.0 Å². The molecule has 4 aromatic carbocycles. The molecule has 1 fully saturated rings. The van der Waals surface area contributed by atoms with Gasteiger partial charge in [0, 0.05) is 85.7 Å². The topological polar surface area (TPSA) is 83.2 Å². The molecule has 1 N–H and O–H groups in total. The number of halogens is 2. The van der Waals surface area contributed by atoms with Gasteiger partial charge in [0.1, 0.15) is 11.6 Å². The lowest BCUT2D eigenvalue weighted by Crippen LogP contribution is -2.52. The summed E-state index contributed by atoms with van der Waals surface area (Å²) in [6.07, 6.45) is 5.08. The van der Waals surface area contributed by atoms with E-state index >= 15 is 9.18 Å². The van der Waals surface area contributed by atoms with Gasteiger partial charge in [-0.2, -0.15) is 0 Å². The van der Waals surface area contributed by atoms with Crippen LogP contribution >= 0.6 is 12.4 Å². The highest BCUT2D eigenvalue weighted by molar-refractivity contribution is 6.13. The Kier molecular flexibility index (Phi) is 10.5. The van der Waals surface area contributed by atoms with Gasteiger partial charge >= 0.3 is 0 Å². The molecular formula is C45H45ClFN5O4. The first-order chi connectivity index (χ1) is 26.8. The van der Waals surface area contributed by atoms with Crippen LogP contribution in [0.4, 0.5) is 15.8 Å². The van der Waals surface area contributed by atoms with Gasteiger partial charge < -0.3 is 23.9 Å². The van der Waals surface area contributed by atoms with E-state index in [2.05, 4.69) is 9.47 Å². The maximum Gasteiger partial charge on any atom is 0.264 e. The summed E-state index contributed by atoms with van der Waals surface area (Å²) in [5.41, 5.74) is 7.56. The van der Waals surface area contributed by atoms with Crippen LogP contribution in [0.1, 0.15) is 50.4 Å². The van der Waals surface area contributed by atoms with Gasteiger partial charge in [-0.1, -0.05) is 36.4 Å². The summed E-state index contributed by atoms with van der Waals surface area (Å²) in [4.78, 5) is 36.0. The maximum absolute atomic E-state index is 15.2. The highest BCUT2D eigenvalue weighted by Crippen LogP contribution is 2.38. The second-order valence-electron chi connectivity index (χ2n) is 15.0.